The third-order valence-corrected chi connectivity index (χ3v) is 4.25. The summed E-state index contributed by atoms with van der Waals surface area (Å²) in [6, 6.07) is 8.56. The van der Waals surface area contributed by atoms with Gasteiger partial charge in [-0.25, -0.2) is 0 Å². The zero-order chi connectivity index (χ0) is 13.6. The van der Waals surface area contributed by atoms with Crippen LogP contribution >= 0.6 is 0 Å². The molecular formula is C19H18. The van der Waals surface area contributed by atoms with Gasteiger partial charge in [-0.2, -0.15) is 0 Å². The Balaban J connectivity index is 2.32. The van der Waals surface area contributed by atoms with Gasteiger partial charge in [0, 0.05) is 5.41 Å². The average Bonchev–Trinajstić information content (AvgIpc) is 2.92. The largest absolute Gasteiger partial charge is 0.120 e. The average molecular weight is 246 g/mol. The first-order valence-electron chi connectivity index (χ1n) is 6.68. The SMILES string of the molecule is C=CC1=C(c2ccccc2C)C2=C(C=C=C2)C1(C)C. The summed E-state index contributed by atoms with van der Waals surface area (Å²) >= 11 is 0. The first kappa shape index (κ1) is 12.0. The van der Waals surface area contributed by atoms with Gasteiger partial charge in [0.05, 0.1) is 0 Å². The van der Waals surface area contributed by atoms with Gasteiger partial charge >= 0.3 is 0 Å². The molecule has 94 valence electrons. The summed E-state index contributed by atoms with van der Waals surface area (Å²) in [7, 11) is 0. The molecule has 0 spiro atoms. The van der Waals surface area contributed by atoms with Crippen LogP contribution in [0.5, 0.6) is 0 Å². The van der Waals surface area contributed by atoms with Gasteiger partial charge in [0.1, 0.15) is 0 Å². The van der Waals surface area contributed by atoms with Crippen molar-refractivity contribution in [2.75, 3.05) is 0 Å². The Morgan fingerprint density at radius 3 is 2.58 bits per heavy atom. The zero-order valence-electron chi connectivity index (χ0n) is 11.7. The van der Waals surface area contributed by atoms with Crippen molar-refractivity contribution in [3.63, 3.8) is 0 Å². The van der Waals surface area contributed by atoms with E-state index in [1.807, 2.05) is 6.08 Å². The van der Waals surface area contributed by atoms with Crippen LogP contribution in [-0.4, -0.2) is 0 Å². The smallest absolute Gasteiger partial charge is 0.0165 e. The van der Waals surface area contributed by atoms with E-state index in [0.717, 1.165) is 0 Å². The van der Waals surface area contributed by atoms with Gasteiger partial charge in [0.2, 0.25) is 0 Å². The molecule has 1 aromatic carbocycles. The number of hydrogen-bond donors (Lipinski definition) is 0. The molecular weight excluding hydrogens is 228 g/mol. The van der Waals surface area contributed by atoms with E-state index < -0.39 is 0 Å². The molecule has 0 nitrogen and oxygen atoms in total. The standard InChI is InChI=1S/C19H18/c1-5-16-18(14-10-7-6-9-13(14)2)15-11-8-12-17(15)19(16,3)4/h5-7,9-12H,1H2,2-4H3. The van der Waals surface area contributed by atoms with Crippen molar-refractivity contribution in [1.82, 2.24) is 0 Å². The van der Waals surface area contributed by atoms with Crippen LogP contribution in [0.3, 0.4) is 0 Å². The van der Waals surface area contributed by atoms with Gasteiger partial charge in [-0.3, -0.25) is 0 Å². The molecule has 0 bridgehead atoms. The Labute approximate surface area is 115 Å². The normalized spacial score (nSPS) is 19.3. The van der Waals surface area contributed by atoms with Gasteiger partial charge in [0.15, 0.2) is 0 Å². The van der Waals surface area contributed by atoms with E-state index in [4.69, 9.17) is 0 Å². The Bertz CT molecular complexity index is 699. The highest BCUT2D eigenvalue weighted by Crippen LogP contribution is 2.53. The van der Waals surface area contributed by atoms with E-state index >= 15 is 0 Å². The summed E-state index contributed by atoms with van der Waals surface area (Å²) in [5.41, 5.74) is 11.2. The Morgan fingerprint density at radius 1 is 1.16 bits per heavy atom. The van der Waals surface area contributed by atoms with Crippen molar-refractivity contribution in [3.05, 3.63) is 82.6 Å². The zero-order valence-corrected chi connectivity index (χ0v) is 11.7. The lowest BCUT2D eigenvalue weighted by atomic mass is 9.80. The third kappa shape index (κ3) is 1.54. The van der Waals surface area contributed by atoms with Crippen molar-refractivity contribution in [2.24, 2.45) is 5.41 Å². The summed E-state index contributed by atoms with van der Waals surface area (Å²) < 4.78 is 0. The molecule has 0 amide bonds. The molecule has 0 N–H and O–H groups in total. The highest BCUT2D eigenvalue weighted by atomic mass is 14.4. The molecule has 0 saturated carbocycles. The second-order valence-corrected chi connectivity index (χ2v) is 5.72. The number of hydrogen-bond acceptors (Lipinski definition) is 0. The van der Waals surface area contributed by atoms with Gasteiger partial charge in [-0.15, -0.1) is 5.73 Å². The molecule has 0 aromatic heterocycles. The minimum Gasteiger partial charge on any atom is -0.120 e. The van der Waals surface area contributed by atoms with E-state index in [-0.39, 0.29) is 5.41 Å². The van der Waals surface area contributed by atoms with Crippen molar-refractivity contribution >= 4 is 5.57 Å². The lowest BCUT2D eigenvalue weighted by Crippen LogP contribution is -2.12. The molecule has 0 aliphatic heterocycles. The van der Waals surface area contributed by atoms with Crippen molar-refractivity contribution in [2.45, 2.75) is 20.8 Å². The van der Waals surface area contributed by atoms with Crippen LogP contribution in [0.4, 0.5) is 0 Å². The minimum atomic E-state index is 0.0225. The predicted octanol–water partition coefficient (Wildman–Crippen LogP) is 5.00. The highest BCUT2D eigenvalue weighted by Gasteiger charge is 2.38. The van der Waals surface area contributed by atoms with Gasteiger partial charge in [-0.1, -0.05) is 50.8 Å². The van der Waals surface area contributed by atoms with Crippen molar-refractivity contribution in [3.8, 4) is 0 Å². The fourth-order valence-electron chi connectivity index (χ4n) is 3.19. The lowest BCUT2D eigenvalue weighted by Gasteiger charge is -2.23. The monoisotopic (exact) mass is 246 g/mol. The van der Waals surface area contributed by atoms with Crippen LogP contribution < -0.4 is 0 Å². The van der Waals surface area contributed by atoms with Crippen LogP contribution in [0.2, 0.25) is 0 Å². The molecule has 0 heterocycles. The van der Waals surface area contributed by atoms with Crippen LogP contribution in [-0.2, 0) is 0 Å². The second-order valence-electron chi connectivity index (χ2n) is 5.72. The summed E-state index contributed by atoms with van der Waals surface area (Å²) in [4.78, 5) is 0. The Hall–Kier alpha value is -2.04. The molecule has 19 heavy (non-hydrogen) atoms. The summed E-state index contributed by atoms with van der Waals surface area (Å²) in [6.45, 7) is 10.7. The number of aryl methyl sites for hydroxylation is 1. The van der Waals surface area contributed by atoms with Gasteiger partial charge in [-0.05, 0) is 52.5 Å². The highest BCUT2D eigenvalue weighted by molar-refractivity contribution is 5.93. The van der Waals surface area contributed by atoms with E-state index in [2.05, 4.69) is 69.5 Å². The molecule has 1 aromatic rings. The summed E-state index contributed by atoms with van der Waals surface area (Å²) in [6.07, 6.45) is 6.24. The molecule has 2 aliphatic carbocycles. The van der Waals surface area contributed by atoms with Crippen LogP contribution in [0.1, 0.15) is 25.0 Å². The van der Waals surface area contributed by atoms with Gasteiger partial charge in [0.25, 0.3) is 0 Å². The van der Waals surface area contributed by atoms with Crippen molar-refractivity contribution < 1.29 is 0 Å². The first-order chi connectivity index (χ1) is 9.07. The molecule has 0 radical (unpaired) electrons. The van der Waals surface area contributed by atoms with E-state index in [0.29, 0.717) is 0 Å². The summed E-state index contributed by atoms with van der Waals surface area (Å²) in [5.74, 6) is 0. The molecule has 0 saturated heterocycles. The van der Waals surface area contributed by atoms with Crippen molar-refractivity contribution in [1.29, 1.82) is 0 Å². The second kappa shape index (κ2) is 3.98. The third-order valence-electron chi connectivity index (χ3n) is 4.25. The molecule has 2 aliphatic rings. The summed E-state index contributed by atoms with van der Waals surface area (Å²) in [5, 5.41) is 0. The Morgan fingerprint density at radius 2 is 1.89 bits per heavy atom. The number of benzene rings is 1. The fraction of sp³-hybridized carbons (Fsp3) is 0.211. The van der Waals surface area contributed by atoms with E-state index in [9.17, 15) is 0 Å². The first-order valence-corrected chi connectivity index (χ1v) is 6.68. The predicted molar refractivity (Wildman–Crippen MR) is 81.8 cm³/mol. The molecule has 0 fully saturated rings. The molecule has 3 rings (SSSR count). The fourth-order valence-corrected chi connectivity index (χ4v) is 3.19. The molecule has 0 atom stereocenters. The topological polar surface area (TPSA) is 0 Å². The molecule has 0 heteroatoms. The van der Waals surface area contributed by atoms with E-state index in [1.165, 1.54) is 33.4 Å². The molecule has 0 unspecified atom stereocenters. The van der Waals surface area contributed by atoms with Gasteiger partial charge < -0.3 is 0 Å². The number of rotatable bonds is 2. The van der Waals surface area contributed by atoms with Crippen LogP contribution in [0.15, 0.2) is 71.5 Å². The quantitative estimate of drug-likeness (QED) is 0.644. The maximum Gasteiger partial charge on any atom is 0.0165 e. The maximum atomic E-state index is 4.04. The number of allylic oxidation sites excluding steroid dienone is 6. The minimum absolute atomic E-state index is 0.0225. The van der Waals surface area contributed by atoms with Crippen LogP contribution in [0, 0.1) is 12.3 Å². The Kier molecular flexibility index (Phi) is 2.52. The van der Waals surface area contributed by atoms with Crippen LogP contribution in [0.25, 0.3) is 5.57 Å². The van der Waals surface area contributed by atoms with E-state index in [1.54, 1.807) is 0 Å². The lowest BCUT2D eigenvalue weighted by molar-refractivity contribution is 0.579. The maximum absolute atomic E-state index is 4.04.